The van der Waals surface area contributed by atoms with Crippen LogP contribution in [0.1, 0.15) is 30.7 Å². The van der Waals surface area contributed by atoms with Gasteiger partial charge in [0.25, 0.3) is 0 Å². The minimum atomic E-state index is 0.590. The Kier molecular flexibility index (Phi) is 4.59. The van der Waals surface area contributed by atoms with Crippen LogP contribution in [0.15, 0.2) is 6.07 Å². The normalized spacial score (nSPS) is 14.8. The number of nitrogens with one attached hydrogen (secondary N) is 2. The first kappa shape index (κ1) is 15.5. The molecule has 2 aromatic rings. The largest absolute Gasteiger partial charge is 0.349 e. The highest BCUT2D eigenvalue weighted by atomic mass is 15.4. The molecule has 1 saturated heterocycles. The quantitative estimate of drug-likeness (QED) is 0.866. The third-order valence-corrected chi connectivity index (χ3v) is 3.84. The van der Waals surface area contributed by atoms with Gasteiger partial charge in [-0.2, -0.15) is 4.98 Å². The second kappa shape index (κ2) is 6.80. The molecule has 8 heteroatoms. The van der Waals surface area contributed by atoms with Crippen molar-refractivity contribution in [3.8, 4) is 0 Å². The number of anilines is 3. The summed E-state index contributed by atoms with van der Waals surface area (Å²) in [7, 11) is 3.82. The molecule has 0 spiro atoms. The molecule has 0 aromatic carbocycles. The van der Waals surface area contributed by atoms with E-state index < -0.39 is 0 Å². The highest BCUT2D eigenvalue weighted by Gasteiger charge is 2.14. The second-order valence-corrected chi connectivity index (χ2v) is 6.08. The van der Waals surface area contributed by atoms with Gasteiger partial charge in [0, 0.05) is 32.9 Å². The number of rotatable bonds is 5. The zero-order chi connectivity index (χ0) is 16.2. The van der Waals surface area contributed by atoms with E-state index in [0.29, 0.717) is 18.4 Å². The zero-order valence-electron chi connectivity index (χ0n) is 14.0. The fourth-order valence-electron chi connectivity index (χ4n) is 2.65. The van der Waals surface area contributed by atoms with Crippen molar-refractivity contribution in [2.45, 2.75) is 32.7 Å². The Hall–Kier alpha value is -2.38. The Balaban J connectivity index is 1.68. The van der Waals surface area contributed by atoms with Gasteiger partial charge in [0.15, 0.2) is 0 Å². The van der Waals surface area contributed by atoms with Crippen molar-refractivity contribution in [2.75, 3.05) is 42.3 Å². The minimum absolute atomic E-state index is 0.590. The Labute approximate surface area is 136 Å². The number of aromatic amines is 1. The number of H-pyrrole nitrogens is 1. The molecule has 0 amide bonds. The molecule has 3 rings (SSSR count). The van der Waals surface area contributed by atoms with Crippen LogP contribution in [-0.2, 0) is 6.54 Å². The molecule has 0 radical (unpaired) electrons. The summed E-state index contributed by atoms with van der Waals surface area (Å²) in [5.74, 6) is 2.14. The Morgan fingerprint density at radius 1 is 1.17 bits per heavy atom. The van der Waals surface area contributed by atoms with Gasteiger partial charge in [-0.05, 0) is 32.3 Å². The van der Waals surface area contributed by atoms with Gasteiger partial charge in [0.05, 0.1) is 12.2 Å². The van der Waals surface area contributed by atoms with E-state index in [4.69, 9.17) is 4.98 Å². The van der Waals surface area contributed by atoms with Crippen LogP contribution in [0.4, 0.5) is 17.8 Å². The number of nitrogens with zero attached hydrogens (tertiary/aromatic N) is 6. The van der Waals surface area contributed by atoms with Gasteiger partial charge in [-0.1, -0.05) is 0 Å². The third kappa shape index (κ3) is 3.88. The maximum Gasteiger partial charge on any atom is 0.245 e. The summed E-state index contributed by atoms with van der Waals surface area (Å²) in [6.45, 7) is 4.69. The van der Waals surface area contributed by atoms with Gasteiger partial charge in [-0.25, -0.2) is 15.1 Å². The summed E-state index contributed by atoms with van der Waals surface area (Å²) in [4.78, 5) is 17.8. The Morgan fingerprint density at radius 3 is 2.65 bits per heavy atom. The highest BCUT2D eigenvalue weighted by molar-refractivity contribution is 5.37. The van der Waals surface area contributed by atoms with Crippen LogP contribution in [0, 0.1) is 6.92 Å². The van der Waals surface area contributed by atoms with Crippen LogP contribution in [0.25, 0.3) is 0 Å². The fourth-order valence-corrected chi connectivity index (χ4v) is 2.65. The van der Waals surface area contributed by atoms with Gasteiger partial charge < -0.3 is 15.1 Å². The summed E-state index contributed by atoms with van der Waals surface area (Å²) in [5, 5.41) is 10.2. The van der Waals surface area contributed by atoms with Crippen molar-refractivity contribution in [2.24, 2.45) is 0 Å². The molecule has 1 aliphatic rings. The van der Waals surface area contributed by atoms with Gasteiger partial charge >= 0.3 is 0 Å². The molecule has 0 atom stereocenters. The second-order valence-electron chi connectivity index (χ2n) is 6.08. The Morgan fingerprint density at radius 2 is 1.96 bits per heavy atom. The number of piperidine rings is 1. The molecule has 2 N–H and O–H groups in total. The summed E-state index contributed by atoms with van der Waals surface area (Å²) in [6.07, 6.45) is 3.74. The maximum atomic E-state index is 4.69. The van der Waals surface area contributed by atoms with Gasteiger partial charge in [0.2, 0.25) is 17.8 Å². The molecule has 0 aliphatic carbocycles. The molecule has 23 heavy (non-hydrogen) atoms. The molecule has 2 aromatic heterocycles. The predicted octanol–water partition coefficient (Wildman–Crippen LogP) is 1.57. The average Bonchev–Trinajstić information content (AvgIpc) is 3.03. The van der Waals surface area contributed by atoms with Crippen LogP contribution in [0.3, 0.4) is 0 Å². The van der Waals surface area contributed by atoms with Crippen molar-refractivity contribution < 1.29 is 0 Å². The van der Waals surface area contributed by atoms with E-state index in [1.807, 2.05) is 32.0 Å². The fraction of sp³-hybridized carbons (Fsp3) is 0.600. The van der Waals surface area contributed by atoms with Crippen molar-refractivity contribution in [1.29, 1.82) is 0 Å². The van der Waals surface area contributed by atoms with Crippen LogP contribution in [-0.4, -0.2) is 52.3 Å². The molecule has 1 fully saturated rings. The van der Waals surface area contributed by atoms with Crippen LogP contribution in [0.2, 0.25) is 0 Å². The molecule has 0 unspecified atom stereocenters. The molecule has 0 bridgehead atoms. The van der Waals surface area contributed by atoms with E-state index >= 15 is 0 Å². The van der Waals surface area contributed by atoms with Gasteiger partial charge in [0.1, 0.15) is 0 Å². The summed E-state index contributed by atoms with van der Waals surface area (Å²) in [6, 6.07) is 2.00. The topological polar surface area (TPSA) is 85.9 Å². The SMILES string of the molecule is Cc1cc(CNc2nc(N(C)C)n[nH]2)nc(N2CCCCC2)n1. The summed E-state index contributed by atoms with van der Waals surface area (Å²) >= 11 is 0. The lowest BCUT2D eigenvalue weighted by Gasteiger charge is -2.27. The first-order valence-electron chi connectivity index (χ1n) is 8.05. The van der Waals surface area contributed by atoms with Gasteiger partial charge in [-0.3, -0.25) is 0 Å². The average molecular weight is 316 g/mol. The summed E-state index contributed by atoms with van der Waals surface area (Å²) in [5.41, 5.74) is 1.95. The molecular formula is C15H24N8. The first-order chi connectivity index (χ1) is 11.1. The lowest BCUT2D eigenvalue weighted by Crippen LogP contribution is -2.31. The molecule has 3 heterocycles. The van der Waals surface area contributed by atoms with E-state index in [1.165, 1.54) is 19.3 Å². The predicted molar refractivity (Wildman–Crippen MR) is 90.9 cm³/mol. The number of hydrogen-bond donors (Lipinski definition) is 2. The number of hydrogen-bond acceptors (Lipinski definition) is 7. The molecule has 124 valence electrons. The van der Waals surface area contributed by atoms with E-state index in [2.05, 4.69) is 30.4 Å². The van der Waals surface area contributed by atoms with E-state index in [0.717, 1.165) is 30.4 Å². The minimum Gasteiger partial charge on any atom is -0.349 e. The van der Waals surface area contributed by atoms with Crippen LogP contribution in [0.5, 0.6) is 0 Å². The van der Waals surface area contributed by atoms with E-state index in [1.54, 1.807) is 0 Å². The van der Waals surface area contributed by atoms with Crippen molar-refractivity contribution in [3.63, 3.8) is 0 Å². The smallest absolute Gasteiger partial charge is 0.245 e. The van der Waals surface area contributed by atoms with Crippen LogP contribution >= 0.6 is 0 Å². The lowest BCUT2D eigenvalue weighted by molar-refractivity contribution is 0.567. The van der Waals surface area contributed by atoms with Crippen LogP contribution < -0.4 is 15.1 Å². The van der Waals surface area contributed by atoms with E-state index in [9.17, 15) is 0 Å². The van der Waals surface area contributed by atoms with Crippen molar-refractivity contribution in [3.05, 3.63) is 17.5 Å². The zero-order valence-corrected chi connectivity index (χ0v) is 14.0. The number of aryl methyl sites for hydroxylation is 1. The standard InChI is InChI=1S/C15H24N8/c1-11-9-12(10-16-13-19-15(21-20-13)22(2)3)18-14(17-11)23-7-5-4-6-8-23/h9H,4-8,10H2,1-3H3,(H2,16,19,20,21). The maximum absolute atomic E-state index is 4.69. The third-order valence-electron chi connectivity index (χ3n) is 3.84. The highest BCUT2D eigenvalue weighted by Crippen LogP contribution is 2.17. The van der Waals surface area contributed by atoms with E-state index in [-0.39, 0.29) is 0 Å². The lowest BCUT2D eigenvalue weighted by atomic mass is 10.1. The monoisotopic (exact) mass is 316 g/mol. The Bertz CT molecular complexity index is 645. The number of aromatic nitrogens is 5. The molecule has 1 aliphatic heterocycles. The van der Waals surface area contributed by atoms with Crippen molar-refractivity contribution >= 4 is 17.8 Å². The molecule has 8 nitrogen and oxygen atoms in total. The molecular weight excluding hydrogens is 292 g/mol. The van der Waals surface area contributed by atoms with Gasteiger partial charge in [-0.15, -0.1) is 5.10 Å². The molecule has 0 saturated carbocycles. The summed E-state index contributed by atoms with van der Waals surface area (Å²) < 4.78 is 0. The van der Waals surface area contributed by atoms with Crippen molar-refractivity contribution in [1.82, 2.24) is 25.1 Å². The first-order valence-corrected chi connectivity index (χ1v) is 8.05.